The second-order valence-electron chi connectivity index (χ2n) is 4.41. The first kappa shape index (κ1) is 14.0. The van der Waals surface area contributed by atoms with Crippen LogP contribution in [0.3, 0.4) is 0 Å². The van der Waals surface area contributed by atoms with Gasteiger partial charge in [-0.05, 0) is 12.8 Å². The standard InChI is InChI=1S/C11H18N4O3/c1-6(2)9(10(16)17)14-11(18)12-4-8-5-13-15-7(8)3/h5-6,9H,4H2,1-3H3,(H,13,15)(H,16,17)(H2,12,14,18)/t9-/m0/s1. The number of hydrogen-bond acceptors (Lipinski definition) is 3. The molecule has 1 heterocycles. The fourth-order valence-corrected chi connectivity index (χ4v) is 1.44. The minimum atomic E-state index is -1.04. The third-order valence-corrected chi connectivity index (χ3v) is 2.59. The first-order chi connectivity index (χ1) is 8.41. The van der Waals surface area contributed by atoms with E-state index in [0.29, 0.717) is 6.54 Å². The Kier molecular flexibility index (Phi) is 4.70. The molecule has 1 aromatic rings. The summed E-state index contributed by atoms with van der Waals surface area (Å²) in [6.45, 7) is 5.62. The van der Waals surface area contributed by atoms with E-state index < -0.39 is 18.0 Å². The molecule has 2 amide bonds. The molecular weight excluding hydrogens is 236 g/mol. The zero-order chi connectivity index (χ0) is 13.7. The number of carbonyl (C=O) groups excluding carboxylic acids is 1. The lowest BCUT2D eigenvalue weighted by atomic mass is 10.1. The van der Waals surface area contributed by atoms with Gasteiger partial charge < -0.3 is 15.7 Å². The number of carbonyl (C=O) groups is 2. The molecule has 1 atom stereocenters. The molecule has 0 aliphatic rings. The zero-order valence-electron chi connectivity index (χ0n) is 10.7. The van der Waals surface area contributed by atoms with Gasteiger partial charge >= 0.3 is 12.0 Å². The summed E-state index contributed by atoms with van der Waals surface area (Å²) in [5, 5.41) is 20.5. The van der Waals surface area contributed by atoms with Gasteiger partial charge in [-0.25, -0.2) is 9.59 Å². The summed E-state index contributed by atoms with van der Waals surface area (Å²) < 4.78 is 0. The van der Waals surface area contributed by atoms with E-state index in [4.69, 9.17) is 5.11 Å². The molecule has 0 fully saturated rings. The Morgan fingerprint density at radius 1 is 1.50 bits per heavy atom. The average Bonchev–Trinajstić information content (AvgIpc) is 2.68. The number of H-pyrrole nitrogens is 1. The van der Waals surface area contributed by atoms with Gasteiger partial charge in [0, 0.05) is 17.8 Å². The van der Waals surface area contributed by atoms with Crippen molar-refractivity contribution in [1.82, 2.24) is 20.8 Å². The molecule has 100 valence electrons. The number of aliphatic carboxylic acids is 1. The molecule has 0 spiro atoms. The van der Waals surface area contributed by atoms with Crippen LogP contribution in [0.2, 0.25) is 0 Å². The van der Waals surface area contributed by atoms with Gasteiger partial charge in [-0.2, -0.15) is 5.10 Å². The second kappa shape index (κ2) is 6.04. The van der Waals surface area contributed by atoms with E-state index in [2.05, 4.69) is 20.8 Å². The molecule has 0 bridgehead atoms. The van der Waals surface area contributed by atoms with Crippen LogP contribution in [0, 0.1) is 12.8 Å². The summed E-state index contributed by atoms with van der Waals surface area (Å²) in [4.78, 5) is 22.5. The number of aromatic nitrogens is 2. The lowest BCUT2D eigenvalue weighted by Gasteiger charge is -2.18. The minimum Gasteiger partial charge on any atom is -0.480 e. The van der Waals surface area contributed by atoms with Crippen LogP contribution in [0.15, 0.2) is 6.20 Å². The van der Waals surface area contributed by atoms with E-state index in [9.17, 15) is 9.59 Å². The van der Waals surface area contributed by atoms with Gasteiger partial charge in [0.2, 0.25) is 0 Å². The smallest absolute Gasteiger partial charge is 0.326 e. The Morgan fingerprint density at radius 3 is 2.61 bits per heavy atom. The van der Waals surface area contributed by atoms with E-state index in [1.807, 2.05) is 6.92 Å². The molecule has 1 rings (SSSR count). The lowest BCUT2D eigenvalue weighted by molar-refractivity contribution is -0.140. The van der Waals surface area contributed by atoms with Crippen molar-refractivity contribution in [3.63, 3.8) is 0 Å². The number of carboxylic acid groups (broad SMARTS) is 1. The van der Waals surface area contributed by atoms with Crippen molar-refractivity contribution in [3.05, 3.63) is 17.5 Å². The van der Waals surface area contributed by atoms with E-state index in [0.717, 1.165) is 11.3 Å². The predicted molar refractivity (Wildman–Crippen MR) is 65.0 cm³/mol. The number of aryl methyl sites for hydroxylation is 1. The van der Waals surface area contributed by atoms with Gasteiger partial charge in [-0.15, -0.1) is 0 Å². The zero-order valence-corrected chi connectivity index (χ0v) is 10.7. The molecule has 1 aromatic heterocycles. The number of nitrogens with one attached hydrogen (secondary N) is 3. The summed E-state index contributed by atoms with van der Waals surface area (Å²) in [6, 6.07) is -1.40. The second-order valence-corrected chi connectivity index (χ2v) is 4.41. The van der Waals surface area contributed by atoms with Crippen LogP contribution in [0.1, 0.15) is 25.1 Å². The lowest BCUT2D eigenvalue weighted by Crippen LogP contribution is -2.48. The van der Waals surface area contributed by atoms with E-state index >= 15 is 0 Å². The first-order valence-electron chi connectivity index (χ1n) is 5.67. The number of amides is 2. The molecule has 18 heavy (non-hydrogen) atoms. The maximum atomic E-state index is 11.6. The largest absolute Gasteiger partial charge is 0.480 e. The van der Waals surface area contributed by atoms with Crippen molar-refractivity contribution in [1.29, 1.82) is 0 Å². The Hall–Kier alpha value is -2.05. The quantitative estimate of drug-likeness (QED) is 0.618. The summed E-state index contributed by atoms with van der Waals surface area (Å²) in [5.74, 6) is -1.22. The van der Waals surface area contributed by atoms with E-state index in [-0.39, 0.29) is 5.92 Å². The fraction of sp³-hybridized carbons (Fsp3) is 0.545. The Morgan fingerprint density at radius 2 is 2.17 bits per heavy atom. The summed E-state index contributed by atoms with van der Waals surface area (Å²) in [7, 11) is 0. The third-order valence-electron chi connectivity index (χ3n) is 2.59. The van der Waals surface area contributed by atoms with Gasteiger partial charge in [0.15, 0.2) is 0 Å². The van der Waals surface area contributed by atoms with Crippen molar-refractivity contribution in [3.8, 4) is 0 Å². The predicted octanol–water partition coefficient (Wildman–Crippen LogP) is 0.627. The number of rotatable bonds is 5. The minimum absolute atomic E-state index is 0.177. The Bertz CT molecular complexity index is 428. The molecule has 7 heteroatoms. The van der Waals surface area contributed by atoms with Crippen LogP contribution in [0.5, 0.6) is 0 Å². The van der Waals surface area contributed by atoms with Crippen LogP contribution in [-0.4, -0.2) is 33.3 Å². The molecule has 0 unspecified atom stereocenters. The Balaban J connectivity index is 2.46. The van der Waals surface area contributed by atoms with Crippen LogP contribution >= 0.6 is 0 Å². The molecule has 0 aliphatic carbocycles. The number of carboxylic acids is 1. The highest BCUT2D eigenvalue weighted by molar-refractivity contribution is 5.82. The highest BCUT2D eigenvalue weighted by Crippen LogP contribution is 2.03. The molecule has 7 nitrogen and oxygen atoms in total. The van der Waals surface area contributed by atoms with Gasteiger partial charge in [-0.1, -0.05) is 13.8 Å². The van der Waals surface area contributed by atoms with Crippen molar-refractivity contribution in [2.45, 2.75) is 33.4 Å². The highest BCUT2D eigenvalue weighted by atomic mass is 16.4. The van der Waals surface area contributed by atoms with Gasteiger partial charge in [0.05, 0.1) is 6.20 Å². The third kappa shape index (κ3) is 3.76. The normalized spacial score (nSPS) is 12.2. The summed E-state index contributed by atoms with van der Waals surface area (Å²) >= 11 is 0. The number of nitrogens with zero attached hydrogens (tertiary/aromatic N) is 1. The van der Waals surface area contributed by atoms with Crippen molar-refractivity contribution in [2.24, 2.45) is 5.92 Å². The molecule has 4 N–H and O–H groups in total. The van der Waals surface area contributed by atoms with Crippen molar-refractivity contribution < 1.29 is 14.7 Å². The summed E-state index contributed by atoms with van der Waals surface area (Å²) in [5.41, 5.74) is 1.73. The summed E-state index contributed by atoms with van der Waals surface area (Å²) in [6.07, 6.45) is 1.62. The van der Waals surface area contributed by atoms with E-state index in [1.165, 1.54) is 0 Å². The van der Waals surface area contributed by atoms with Gasteiger partial charge in [0.25, 0.3) is 0 Å². The number of aromatic amines is 1. The maximum Gasteiger partial charge on any atom is 0.326 e. The SMILES string of the molecule is Cc1[nH]ncc1CNC(=O)N[C@H](C(=O)O)C(C)C. The highest BCUT2D eigenvalue weighted by Gasteiger charge is 2.23. The molecular formula is C11H18N4O3. The van der Waals surface area contributed by atoms with E-state index in [1.54, 1.807) is 20.0 Å². The van der Waals surface area contributed by atoms with Gasteiger partial charge in [-0.3, -0.25) is 5.10 Å². The van der Waals surface area contributed by atoms with Crippen LogP contribution < -0.4 is 10.6 Å². The van der Waals surface area contributed by atoms with Crippen LogP contribution in [0.25, 0.3) is 0 Å². The monoisotopic (exact) mass is 254 g/mol. The van der Waals surface area contributed by atoms with Crippen LogP contribution in [-0.2, 0) is 11.3 Å². The Labute approximate surface area is 105 Å². The topological polar surface area (TPSA) is 107 Å². The van der Waals surface area contributed by atoms with Crippen molar-refractivity contribution >= 4 is 12.0 Å². The van der Waals surface area contributed by atoms with Gasteiger partial charge in [0.1, 0.15) is 6.04 Å². The number of hydrogen-bond donors (Lipinski definition) is 4. The first-order valence-corrected chi connectivity index (χ1v) is 5.67. The maximum absolute atomic E-state index is 11.6. The average molecular weight is 254 g/mol. The molecule has 0 saturated carbocycles. The molecule has 0 saturated heterocycles. The van der Waals surface area contributed by atoms with Crippen LogP contribution in [0.4, 0.5) is 4.79 Å². The molecule has 0 aliphatic heterocycles. The fourth-order valence-electron chi connectivity index (χ4n) is 1.44. The molecule has 0 radical (unpaired) electrons. The number of urea groups is 1. The van der Waals surface area contributed by atoms with Crippen molar-refractivity contribution in [2.75, 3.05) is 0 Å². The molecule has 0 aromatic carbocycles.